The number of benzene rings is 1. The van der Waals surface area contributed by atoms with Gasteiger partial charge in [-0.15, -0.1) is 11.8 Å². The van der Waals surface area contributed by atoms with E-state index in [1.807, 2.05) is 17.4 Å². The van der Waals surface area contributed by atoms with Crippen LogP contribution in [0.2, 0.25) is 0 Å². The zero-order valence-electron chi connectivity index (χ0n) is 11.2. The Morgan fingerprint density at radius 1 is 1.50 bits per heavy atom. The van der Waals surface area contributed by atoms with E-state index in [0.29, 0.717) is 0 Å². The molecule has 1 heterocycles. The van der Waals surface area contributed by atoms with E-state index >= 15 is 0 Å². The molecule has 0 bridgehead atoms. The Hall–Kier alpha value is -1.00. The van der Waals surface area contributed by atoms with E-state index < -0.39 is 0 Å². The third-order valence-electron chi connectivity index (χ3n) is 2.90. The zero-order chi connectivity index (χ0) is 13.1. The van der Waals surface area contributed by atoms with Crippen molar-refractivity contribution in [2.75, 3.05) is 13.4 Å². The number of hydrogen-bond acceptors (Lipinski definition) is 3. The molecule has 2 nitrogen and oxygen atoms in total. The summed E-state index contributed by atoms with van der Waals surface area (Å²) in [5.41, 5.74) is 1.25. The Bertz CT molecular complexity index is 587. The molecule has 0 unspecified atom stereocenters. The molecule has 4 heteroatoms. The minimum Gasteiger partial charge on any atom is -0.497 e. The van der Waals surface area contributed by atoms with E-state index in [1.54, 1.807) is 18.9 Å². The molecule has 18 heavy (non-hydrogen) atoms. The van der Waals surface area contributed by atoms with Crippen LogP contribution in [0, 0.1) is 0 Å². The normalized spacial score (nSPS) is 12.1. The van der Waals surface area contributed by atoms with Crippen LogP contribution in [0.15, 0.2) is 23.1 Å². The maximum atomic E-state index is 5.31. The van der Waals surface area contributed by atoms with Gasteiger partial charge in [0.15, 0.2) is 0 Å². The lowest BCUT2D eigenvalue weighted by atomic mass is 10.3. The number of thioether (sulfide) groups is 1. The first-order valence-corrected chi connectivity index (χ1v) is 7.96. The summed E-state index contributed by atoms with van der Waals surface area (Å²) in [7, 11) is 1.71. The van der Waals surface area contributed by atoms with Crippen LogP contribution in [0.3, 0.4) is 0 Å². The number of allylic oxidation sites excluding steroid dienone is 1. The van der Waals surface area contributed by atoms with Crippen LogP contribution in [-0.2, 0) is 6.54 Å². The van der Waals surface area contributed by atoms with Gasteiger partial charge < -0.3 is 4.74 Å². The quantitative estimate of drug-likeness (QED) is 0.787. The molecule has 2 rings (SSSR count). The molecular weight excluding hydrogens is 262 g/mol. The van der Waals surface area contributed by atoms with Crippen molar-refractivity contribution in [2.45, 2.75) is 20.4 Å². The number of ether oxygens (including phenoxy) is 1. The van der Waals surface area contributed by atoms with E-state index in [1.165, 1.54) is 20.1 Å². The van der Waals surface area contributed by atoms with Gasteiger partial charge in [0.25, 0.3) is 5.01 Å². The van der Waals surface area contributed by atoms with Crippen LogP contribution in [0.5, 0.6) is 5.75 Å². The average Bonchev–Trinajstić information content (AvgIpc) is 2.74. The molecule has 0 saturated heterocycles. The number of rotatable bonds is 4. The molecule has 1 aromatic heterocycles. The molecule has 96 valence electrons. The van der Waals surface area contributed by atoms with Crippen molar-refractivity contribution < 1.29 is 9.30 Å². The van der Waals surface area contributed by atoms with Crippen molar-refractivity contribution in [2.24, 2.45) is 0 Å². The molecular formula is C14H18NOS2+. The minimum absolute atomic E-state index is 0.916. The molecule has 0 N–H and O–H groups in total. The number of aromatic nitrogens is 1. The first-order chi connectivity index (χ1) is 8.69. The standard InChI is InChI=1S/C14H18NOS2/c1-5-15-12-9-11(16-3)6-7-13(12)18-14(15)8-10(2)17-4/h6-9H,5H2,1-4H3/q+1/b10-8+. The highest BCUT2D eigenvalue weighted by molar-refractivity contribution is 8.02. The van der Waals surface area contributed by atoms with Gasteiger partial charge >= 0.3 is 0 Å². The zero-order valence-corrected chi connectivity index (χ0v) is 12.8. The van der Waals surface area contributed by atoms with Gasteiger partial charge in [0, 0.05) is 6.08 Å². The third kappa shape index (κ3) is 2.54. The molecule has 0 aliphatic carbocycles. The summed E-state index contributed by atoms with van der Waals surface area (Å²) in [4.78, 5) is 1.33. The lowest BCUT2D eigenvalue weighted by Gasteiger charge is -1.97. The van der Waals surface area contributed by atoms with E-state index in [4.69, 9.17) is 4.74 Å². The summed E-state index contributed by atoms with van der Waals surface area (Å²) < 4.78 is 8.94. The van der Waals surface area contributed by atoms with Gasteiger partial charge in [-0.1, -0.05) is 11.3 Å². The minimum atomic E-state index is 0.916. The second-order valence-electron chi connectivity index (χ2n) is 3.98. The molecule has 0 saturated carbocycles. The van der Waals surface area contributed by atoms with Crippen molar-refractivity contribution in [3.63, 3.8) is 0 Å². The number of thiazole rings is 1. The number of methoxy groups -OCH3 is 1. The number of hydrogen-bond donors (Lipinski definition) is 0. The van der Waals surface area contributed by atoms with Crippen molar-refractivity contribution >= 4 is 39.4 Å². The summed E-state index contributed by atoms with van der Waals surface area (Å²) in [6.07, 6.45) is 4.36. The predicted molar refractivity (Wildman–Crippen MR) is 81.4 cm³/mol. The molecule has 2 aromatic rings. The monoisotopic (exact) mass is 280 g/mol. The van der Waals surface area contributed by atoms with E-state index in [2.05, 4.69) is 42.9 Å². The van der Waals surface area contributed by atoms with E-state index in [9.17, 15) is 0 Å². The summed E-state index contributed by atoms with van der Waals surface area (Å²) in [6, 6.07) is 6.27. The molecule has 0 aliphatic rings. The molecule has 0 atom stereocenters. The topological polar surface area (TPSA) is 13.1 Å². The summed E-state index contributed by atoms with van der Waals surface area (Å²) in [5, 5.41) is 1.30. The van der Waals surface area contributed by atoms with Crippen molar-refractivity contribution in [1.82, 2.24) is 0 Å². The fourth-order valence-electron chi connectivity index (χ4n) is 1.87. The second-order valence-corrected chi connectivity index (χ2v) is 6.09. The highest BCUT2D eigenvalue weighted by Gasteiger charge is 2.18. The van der Waals surface area contributed by atoms with Gasteiger partial charge in [-0.25, -0.2) is 0 Å². The molecule has 0 aliphatic heterocycles. The summed E-state index contributed by atoms with van der Waals surface area (Å²) in [5.74, 6) is 0.916. The SMILES string of the molecule is CC[n+]1c(/C=C(\C)SC)sc2ccc(OC)cc21. The largest absolute Gasteiger partial charge is 0.497 e. The number of nitrogens with zero attached hydrogens (tertiary/aromatic N) is 1. The van der Waals surface area contributed by atoms with Gasteiger partial charge in [-0.2, -0.15) is 4.57 Å². The first kappa shape index (κ1) is 13.4. The number of fused-ring (bicyclic) bond motifs is 1. The van der Waals surface area contributed by atoms with Crippen LogP contribution < -0.4 is 9.30 Å². The van der Waals surface area contributed by atoms with Crippen LogP contribution in [0.1, 0.15) is 18.9 Å². The fraction of sp³-hybridized carbons (Fsp3) is 0.357. The smallest absolute Gasteiger partial charge is 0.263 e. The highest BCUT2D eigenvalue weighted by Crippen LogP contribution is 2.27. The lowest BCUT2D eigenvalue weighted by molar-refractivity contribution is -0.665. The highest BCUT2D eigenvalue weighted by atomic mass is 32.2. The maximum Gasteiger partial charge on any atom is 0.263 e. The van der Waals surface area contributed by atoms with Crippen molar-refractivity contribution in [3.8, 4) is 5.75 Å². The number of aryl methyl sites for hydroxylation is 1. The van der Waals surface area contributed by atoms with Crippen LogP contribution in [-0.4, -0.2) is 13.4 Å². The molecule has 0 fully saturated rings. The average molecular weight is 280 g/mol. The van der Waals surface area contributed by atoms with Gasteiger partial charge in [0.05, 0.1) is 13.2 Å². The van der Waals surface area contributed by atoms with Gasteiger partial charge in [-0.05, 0) is 37.1 Å². The maximum absolute atomic E-state index is 5.31. The fourth-order valence-corrected chi connectivity index (χ4v) is 3.39. The Balaban J connectivity index is 2.61. The summed E-state index contributed by atoms with van der Waals surface area (Å²) in [6.45, 7) is 5.30. The van der Waals surface area contributed by atoms with E-state index in [0.717, 1.165) is 12.3 Å². The Labute approximate surface area is 116 Å². The lowest BCUT2D eigenvalue weighted by Crippen LogP contribution is -2.33. The van der Waals surface area contributed by atoms with Crippen LogP contribution >= 0.6 is 23.1 Å². The van der Waals surface area contributed by atoms with Crippen molar-refractivity contribution in [3.05, 3.63) is 28.1 Å². The molecule has 1 aromatic carbocycles. The Morgan fingerprint density at radius 3 is 2.89 bits per heavy atom. The summed E-state index contributed by atoms with van der Waals surface area (Å²) >= 11 is 3.62. The van der Waals surface area contributed by atoms with Crippen molar-refractivity contribution in [1.29, 1.82) is 0 Å². The molecule has 0 amide bonds. The predicted octanol–water partition coefficient (Wildman–Crippen LogP) is 3.94. The first-order valence-electron chi connectivity index (χ1n) is 5.92. The third-order valence-corrected chi connectivity index (χ3v) is 4.78. The Morgan fingerprint density at radius 2 is 2.28 bits per heavy atom. The molecule has 0 radical (unpaired) electrons. The molecule has 0 spiro atoms. The van der Waals surface area contributed by atoms with Gasteiger partial charge in [-0.3, -0.25) is 0 Å². The van der Waals surface area contributed by atoms with Gasteiger partial charge in [0.1, 0.15) is 17.0 Å². The van der Waals surface area contributed by atoms with E-state index in [-0.39, 0.29) is 0 Å². The Kier molecular flexibility index (Phi) is 4.30. The van der Waals surface area contributed by atoms with Crippen LogP contribution in [0.25, 0.3) is 16.3 Å². The second kappa shape index (κ2) is 5.76. The van der Waals surface area contributed by atoms with Crippen LogP contribution in [0.4, 0.5) is 0 Å². The van der Waals surface area contributed by atoms with Gasteiger partial charge in [0.2, 0.25) is 5.52 Å².